The summed E-state index contributed by atoms with van der Waals surface area (Å²) < 4.78 is 30.2. The summed E-state index contributed by atoms with van der Waals surface area (Å²) in [4.78, 5) is 39.9. The number of allylic oxidation sites excluding steroid dienone is 19. The molecule has 0 spiro atoms. The number of hydrogen-bond acceptors (Lipinski definition) is 7. The van der Waals surface area contributed by atoms with Crippen LogP contribution in [0.25, 0.3) is 0 Å². The fourth-order valence-corrected chi connectivity index (χ4v) is 8.17. The van der Waals surface area contributed by atoms with Crippen LogP contribution < -0.4 is 10.2 Å². The SMILES string of the molecule is CC\C=C/C=C/C=C/C=C\C=C\C=C\CCCCCC(=O)OC(/C=C/CCCCCCCCCCCCC)C(COP(=O)([O-])OCC[N+](C)(C)C)NC(=O)CCCCCCCC/C=C/C/C=C/C/C=C/CC. The Morgan fingerprint density at radius 2 is 0.958 bits per heavy atom. The zero-order valence-electron chi connectivity index (χ0n) is 46.6. The molecule has 0 rings (SSSR count). The zero-order chi connectivity index (χ0) is 52.9. The summed E-state index contributed by atoms with van der Waals surface area (Å²) in [6, 6.07) is -0.922. The lowest BCUT2D eigenvalue weighted by atomic mass is 10.0. The maximum atomic E-state index is 13.5. The Bertz CT molecular complexity index is 1650. The number of likely N-dealkylation sites (N-methyl/N-ethyl adjacent to an activating group) is 1. The molecule has 1 amide bonds. The Kier molecular flexibility index (Phi) is 48.4. The van der Waals surface area contributed by atoms with E-state index in [1.807, 2.05) is 88.0 Å². The van der Waals surface area contributed by atoms with E-state index < -0.39 is 32.5 Å². The lowest BCUT2D eigenvalue weighted by molar-refractivity contribution is -0.870. The van der Waals surface area contributed by atoms with Crippen molar-refractivity contribution in [2.75, 3.05) is 40.9 Å². The lowest BCUT2D eigenvalue weighted by Crippen LogP contribution is -2.47. The third-order valence-electron chi connectivity index (χ3n) is 11.8. The Morgan fingerprint density at radius 1 is 0.514 bits per heavy atom. The molecule has 0 fully saturated rings. The summed E-state index contributed by atoms with van der Waals surface area (Å²) >= 11 is 0. The number of carbonyl (C=O) groups is 2. The van der Waals surface area contributed by atoms with E-state index in [1.54, 1.807) is 6.08 Å². The molecule has 0 aliphatic heterocycles. The molecule has 0 bridgehead atoms. The second kappa shape index (κ2) is 50.9. The molecule has 0 aliphatic rings. The molecule has 3 unspecified atom stereocenters. The highest BCUT2D eigenvalue weighted by atomic mass is 31.2. The highest BCUT2D eigenvalue weighted by Gasteiger charge is 2.27. The van der Waals surface area contributed by atoms with Gasteiger partial charge < -0.3 is 28.5 Å². The van der Waals surface area contributed by atoms with Crippen LogP contribution in [0.5, 0.6) is 0 Å². The fourth-order valence-electron chi connectivity index (χ4n) is 7.45. The predicted octanol–water partition coefficient (Wildman–Crippen LogP) is 16.5. The van der Waals surface area contributed by atoms with Crippen LogP contribution in [0.2, 0.25) is 0 Å². The molecule has 0 aliphatic carbocycles. The van der Waals surface area contributed by atoms with Crippen LogP contribution >= 0.6 is 7.82 Å². The Hall–Kier alpha value is -3.59. The number of ether oxygens (including phenoxy) is 1. The van der Waals surface area contributed by atoms with E-state index in [9.17, 15) is 19.0 Å². The molecule has 0 aromatic carbocycles. The van der Waals surface area contributed by atoms with Crippen molar-refractivity contribution in [3.05, 3.63) is 122 Å². The second-order valence-electron chi connectivity index (χ2n) is 19.8. The van der Waals surface area contributed by atoms with E-state index in [0.29, 0.717) is 23.9 Å². The van der Waals surface area contributed by atoms with Crippen LogP contribution in [0, 0.1) is 0 Å². The van der Waals surface area contributed by atoms with Gasteiger partial charge in [0.15, 0.2) is 0 Å². The van der Waals surface area contributed by atoms with Gasteiger partial charge in [-0.1, -0.05) is 233 Å². The monoisotopic (exact) mass is 1020 g/mol. The van der Waals surface area contributed by atoms with Gasteiger partial charge in [-0.2, -0.15) is 0 Å². The number of nitrogens with zero attached hydrogens (tertiary/aromatic N) is 1. The van der Waals surface area contributed by atoms with Crippen LogP contribution in [-0.4, -0.2) is 69.4 Å². The Morgan fingerprint density at radius 3 is 1.51 bits per heavy atom. The molecule has 0 aromatic heterocycles. The molecule has 72 heavy (non-hydrogen) atoms. The van der Waals surface area contributed by atoms with Gasteiger partial charge in [0.25, 0.3) is 7.82 Å². The molecule has 9 nitrogen and oxygen atoms in total. The largest absolute Gasteiger partial charge is 0.756 e. The van der Waals surface area contributed by atoms with Crippen LogP contribution in [0.1, 0.15) is 207 Å². The Balaban J connectivity index is 5.51. The number of phosphoric ester groups is 1. The third-order valence-corrected chi connectivity index (χ3v) is 12.8. The molecular formula is C62H105N2O7P. The third kappa shape index (κ3) is 51.3. The first-order valence-corrected chi connectivity index (χ1v) is 29.9. The minimum absolute atomic E-state index is 0.0397. The molecule has 0 saturated carbocycles. The minimum Gasteiger partial charge on any atom is -0.756 e. The number of amides is 1. The van der Waals surface area contributed by atoms with E-state index in [1.165, 1.54) is 57.8 Å². The van der Waals surface area contributed by atoms with Crippen LogP contribution in [-0.2, 0) is 27.9 Å². The van der Waals surface area contributed by atoms with Gasteiger partial charge in [-0.3, -0.25) is 14.2 Å². The van der Waals surface area contributed by atoms with Crippen molar-refractivity contribution in [1.29, 1.82) is 0 Å². The second-order valence-corrected chi connectivity index (χ2v) is 21.2. The van der Waals surface area contributed by atoms with Crippen molar-refractivity contribution < 1.29 is 37.3 Å². The molecule has 0 radical (unpaired) electrons. The fraction of sp³-hybridized carbons (Fsp3) is 0.645. The predicted molar refractivity (Wildman–Crippen MR) is 307 cm³/mol. The summed E-state index contributed by atoms with van der Waals surface area (Å²) in [5.41, 5.74) is 0. The van der Waals surface area contributed by atoms with Crippen molar-refractivity contribution >= 4 is 19.7 Å². The smallest absolute Gasteiger partial charge is 0.306 e. The molecule has 0 heterocycles. The summed E-state index contributed by atoms with van der Waals surface area (Å²) in [6.07, 6.45) is 70.1. The number of rotatable bonds is 49. The molecular weight excluding hydrogens is 916 g/mol. The standard InChI is InChI=1S/C62H105N2O7P/c1-7-10-13-16-19-22-25-28-30-32-34-37-40-43-46-49-52-55-62(66)71-60(53-50-47-44-41-38-35-27-24-21-18-15-12-9-3)59(58-70-72(67,68)69-57-56-64(4,5)6)63-61(65)54-51-48-45-42-39-36-33-31-29-26-23-20-17-14-11-8-2/h10-11,13-14,16,19-20,22-23,25,28-32,34,37,40,50,53,59-60H,7-9,12,15,17-18,21,24,26-27,33,35-36,38-39,41-49,51-52,54-58H2,1-6H3,(H-,63,65,67,68)/b13-10-,14-11+,19-16+,23-20+,25-22+,30-28-,31-29+,34-32+,40-37+,53-50+. The average Bonchev–Trinajstić information content (AvgIpc) is 3.34. The number of phosphoric acid groups is 1. The highest BCUT2D eigenvalue weighted by molar-refractivity contribution is 7.45. The van der Waals surface area contributed by atoms with E-state index in [4.69, 9.17) is 13.8 Å². The van der Waals surface area contributed by atoms with Gasteiger partial charge in [0.1, 0.15) is 19.3 Å². The summed E-state index contributed by atoms with van der Waals surface area (Å²) in [5, 5.41) is 3.00. The number of esters is 1. The lowest BCUT2D eigenvalue weighted by Gasteiger charge is -2.30. The molecule has 10 heteroatoms. The van der Waals surface area contributed by atoms with Gasteiger partial charge in [-0.15, -0.1) is 0 Å². The van der Waals surface area contributed by atoms with Gasteiger partial charge in [-0.05, 0) is 83.1 Å². The molecule has 1 N–H and O–H groups in total. The van der Waals surface area contributed by atoms with Gasteiger partial charge in [0.2, 0.25) is 5.91 Å². The van der Waals surface area contributed by atoms with Crippen molar-refractivity contribution in [3.63, 3.8) is 0 Å². The molecule has 0 aromatic rings. The summed E-state index contributed by atoms with van der Waals surface area (Å²) in [5.74, 6) is -0.618. The highest BCUT2D eigenvalue weighted by Crippen LogP contribution is 2.38. The van der Waals surface area contributed by atoms with Crippen molar-refractivity contribution in [2.45, 2.75) is 219 Å². The van der Waals surface area contributed by atoms with Crippen LogP contribution in [0.3, 0.4) is 0 Å². The number of hydrogen-bond donors (Lipinski definition) is 1. The van der Waals surface area contributed by atoms with Crippen molar-refractivity contribution in [3.8, 4) is 0 Å². The molecule has 410 valence electrons. The van der Waals surface area contributed by atoms with E-state index >= 15 is 0 Å². The van der Waals surface area contributed by atoms with E-state index in [-0.39, 0.29) is 25.4 Å². The number of quaternary nitrogens is 1. The summed E-state index contributed by atoms with van der Waals surface area (Å²) in [7, 11) is 1.13. The van der Waals surface area contributed by atoms with Crippen LogP contribution in [0.15, 0.2) is 122 Å². The van der Waals surface area contributed by atoms with Gasteiger partial charge in [0.05, 0.1) is 33.8 Å². The first-order chi connectivity index (χ1) is 34.9. The topological polar surface area (TPSA) is 114 Å². The molecule has 3 atom stereocenters. The van der Waals surface area contributed by atoms with Crippen molar-refractivity contribution in [2.24, 2.45) is 0 Å². The normalized spacial score (nSPS) is 14.7. The molecule has 0 saturated heterocycles. The number of unbranched alkanes of at least 4 members (excludes halogenated alkanes) is 20. The first kappa shape index (κ1) is 68.4. The number of nitrogens with one attached hydrogen (secondary N) is 1. The maximum Gasteiger partial charge on any atom is 0.306 e. The minimum atomic E-state index is -4.72. The quantitative estimate of drug-likeness (QED) is 0.0161. The zero-order valence-corrected chi connectivity index (χ0v) is 47.5. The van der Waals surface area contributed by atoms with Gasteiger partial charge in [-0.25, -0.2) is 0 Å². The average molecular weight is 1020 g/mol. The van der Waals surface area contributed by atoms with Gasteiger partial charge >= 0.3 is 5.97 Å². The maximum absolute atomic E-state index is 13.5. The Labute approximate surface area is 442 Å². The van der Waals surface area contributed by atoms with E-state index in [0.717, 1.165) is 103 Å². The first-order valence-electron chi connectivity index (χ1n) is 28.4. The summed E-state index contributed by atoms with van der Waals surface area (Å²) in [6.45, 7) is 6.52. The van der Waals surface area contributed by atoms with E-state index in [2.05, 4.69) is 74.7 Å². The van der Waals surface area contributed by atoms with Crippen molar-refractivity contribution in [1.82, 2.24) is 5.32 Å². The van der Waals surface area contributed by atoms with Gasteiger partial charge in [0, 0.05) is 12.8 Å². The number of carbonyl (C=O) groups excluding carboxylic acids is 2. The van der Waals surface area contributed by atoms with Crippen LogP contribution in [0.4, 0.5) is 0 Å².